The molecule has 0 bridgehead atoms. The van der Waals surface area contributed by atoms with Gasteiger partial charge in [-0.25, -0.2) is 4.79 Å². The fourth-order valence-corrected chi connectivity index (χ4v) is 3.84. The van der Waals surface area contributed by atoms with Gasteiger partial charge in [0.2, 0.25) is 11.8 Å². The van der Waals surface area contributed by atoms with Crippen LogP contribution in [-0.2, 0) is 14.4 Å². The lowest BCUT2D eigenvalue weighted by molar-refractivity contribution is -0.143. The van der Waals surface area contributed by atoms with E-state index in [4.69, 9.17) is 0 Å². The number of rotatable bonds is 8. The quantitative estimate of drug-likeness (QED) is 0.586. The van der Waals surface area contributed by atoms with Gasteiger partial charge in [0.05, 0.1) is 0 Å². The van der Waals surface area contributed by atoms with Crippen molar-refractivity contribution in [1.29, 1.82) is 0 Å². The molecule has 0 aromatic rings. The molecule has 2 aliphatic rings. The van der Waals surface area contributed by atoms with Crippen molar-refractivity contribution >= 4 is 17.8 Å². The highest BCUT2D eigenvalue weighted by molar-refractivity contribution is 5.85. The molecule has 140 valence electrons. The van der Waals surface area contributed by atoms with Crippen molar-refractivity contribution in [3.05, 3.63) is 12.7 Å². The maximum Gasteiger partial charge on any atom is 0.326 e. The van der Waals surface area contributed by atoms with Crippen LogP contribution in [0.2, 0.25) is 0 Å². The topological polar surface area (TPSA) is 95.5 Å². The number of amides is 2. The summed E-state index contributed by atoms with van der Waals surface area (Å²) in [6, 6.07) is -0.710. The number of carboxylic acids is 1. The number of hydrogen-bond donors (Lipinski definition) is 3. The van der Waals surface area contributed by atoms with Crippen LogP contribution in [0.25, 0.3) is 0 Å². The van der Waals surface area contributed by atoms with Crippen molar-refractivity contribution in [1.82, 2.24) is 10.6 Å². The van der Waals surface area contributed by atoms with Crippen LogP contribution in [0.15, 0.2) is 12.7 Å². The van der Waals surface area contributed by atoms with Crippen LogP contribution < -0.4 is 10.6 Å². The standard InChI is InChI=1S/C19H30N2O4/c1-2-3-8-16(19(24)25)21-18(23)14-9-11-15(12-10-14)20-17(22)13-6-4-5-7-13/h2,13-16H,1,3-12H2,(H,20,22)(H,21,23)(H,24,25). The first-order valence-electron chi connectivity index (χ1n) is 9.45. The first-order valence-corrected chi connectivity index (χ1v) is 9.45. The minimum absolute atomic E-state index is 0.146. The van der Waals surface area contributed by atoms with E-state index in [-0.39, 0.29) is 29.7 Å². The van der Waals surface area contributed by atoms with Gasteiger partial charge >= 0.3 is 5.97 Å². The lowest BCUT2D eigenvalue weighted by Crippen LogP contribution is -2.46. The molecule has 2 rings (SSSR count). The number of nitrogens with one attached hydrogen (secondary N) is 2. The Morgan fingerprint density at radius 2 is 1.60 bits per heavy atom. The number of hydrogen-bond acceptors (Lipinski definition) is 3. The second kappa shape index (κ2) is 9.59. The smallest absolute Gasteiger partial charge is 0.326 e. The van der Waals surface area contributed by atoms with Crippen LogP contribution in [0.5, 0.6) is 0 Å². The maximum absolute atomic E-state index is 12.3. The second-order valence-electron chi connectivity index (χ2n) is 7.30. The first kappa shape index (κ1) is 19.5. The number of carboxylic acid groups (broad SMARTS) is 1. The largest absolute Gasteiger partial charge is 0.480 e. The molecule has 0 saturated heterocycles. The molecule has 25 heavy (non-hydrogen) atoms. The molecule has 3 N–H and O–H groups in total. The monoisotopic (exact) mass is 350 g/mol. The molecule has 2 fully saturated rings. The molecule has 0 spiro atoms. The number of allylic oxidation sites excluding steroid dienone is 1. The molecule has 2 amide bonds. The fourth-order valence-electron chi connectivity index (χ4n) is 3.84. The van der Waals surface area contributed by atoms with Gasteiger partial charge in [0.15, 0.2) is 0 Å². The zero-order valence-electron chi connectivity index (χ0n) is 14.8. The molecule has 6 nitrogen and oxygen atoms in total. The van der Waals surface area contributed by atoms with E-state index in [0.29, 0.717) is 25.7 Å². The van der Waals surface area contributed by atoms with Gasteiger partial charge in [0, 0.05) is 17.9 Å². The lowest BCUT2D eigenvalue weighted by Gasteiger charge is -2.30. The zero-order valence-corrected chi connectivity index (χ0v) is 14.8. The Bertz CT molecular complexity index is 492. The fraction of sp³-hybridized carbons (Fsp3) is 0.737. The molecule has 0 radical (unpaired) electrons. The summed E-state index contributed by atoms with van der Waals surface area (Å²) < 4.78 is 0. The maximum atomic E-state index is 12.3. The van der Waals surface area contributed by atoms with Crippen molar-refractivity contribution in [2.75, 3.05) is 0 Å². The van der Waals surface area contributed by atoms with Gasteiger partial charge in [-0.3, -0.25) is 9.59 Å². The molecule has 0 aromatic carbocycles. The third-order valence-electron chi connectivity index (χ3n) is 5.44. The van der Waals surface area contributed by atoms with Crippen LogP contribution in [0, 0.1) is 11.8 Å². The van der Waals surface area contributed by atoms with E-state index in [9.17, 15) is 19.5 Å². The molecular weight excluding hydrogens is 320 g/mol. The Morgan fingerprint density at radius 3 is 2.16 bits per heavy atom. The summed E-state index contributed by atoms with van der Waals surface area (Å²) >= 11 is 0. The van der Waals surface area contributed by atoms with E-state index in [2.05, 4.69) is 17.2 Å². The van der Waals surface area contributed by atoms with E-state index in [1.54, 1.807) is 6.08 Å². The normalized spacial score (nSPS) is 25.1. The predicted octanol–water partition coefficient (Wildman–Crippen LogP) is 2.39. The average Bonchev–Trinajstić information content (AvgIpc) is 3.13. The van der Waals surface area contributed by atoms with E-state index >= 15 is 0 Å². The highest BCUT2D eigenvalue weighted by atomic mass is 16.4. The highest BCUT2D eigenvalue weighted by Gasteiger charge is 2.31. The summed E-state index contributed by atoms with van der Waals surface area (Å²) in [6.07, 6.45) is 9.76. The average molecular weight is 350 g/mol. The van der Waals surface area contributed by atoms with Gasteiger partial charge in [-0.2, -0.15) is 0 Å². The van der Waals surface area contributed by atoms with Gasteiger partial charge in [0.1, 0.15) is 6.04 Å². The summed E-state index contributed by atoms with van der Waals surface area (Å²) in [4.78, 5) is 35.7. The van der Waals surface area contributed by atoms with Crippen molar-refractivity contribution in [2.24, 2.45) is 11.8 Å². The van der Waals surface area contributed by atoms with Gasteiger partial charge in [-0.15, -0.1) is 6.58 Å². The van der Waals surface area contributed by atoms with Gasteiger partial charge < -0.3 is 15.7 Å². The van der Waals surface area contributed by atoms with Gasteiger partial charge in [-0.05, 0) is 51.4 Å². The van der Waals surface area contributed by atoms with E-state index in [1.165, 1.54) is 0 Å². The molecule has 2 aliphatic carbocycles. The van der Waals surface area contributed by atoms with E-state index in [0.717, 1.165) is 38.5 Å². The lowest BCUT2D eigenvalue weighted by atomic mass is 9.85. The number of aliphatic carboxylic acids is 1. The summed E-state index contributed by atoms with van der Waals surface area (Å²) in [5.74, 6) is -1.02. The predicted molar refractivity (Wildman–Crippen MR) is 94.8 cm³/mol. The van der Waals surface area contributed by atoms with Crippen LogP contribution >= 0.6 is 0 Å². The molecule has 0 aromatic heterocycles. The third-order valence-corrected chi connectivity index (χ3v) is 5.44. The minimum Gasteiger partial charge on any atom is -0.480 e. The Kier molecular flexibility index (Phi) is 7.47. The molecule has 0 aliphatic heterocycles. The minimum atomic E-state index is -1.01. The SMILES string of the molecule is C=CCCC(NC(=O)C1CCC(NC(=O)C2CCCC2)CC1)C(=O)O. The van der Waals surface area contributed by atoms with Crippen molar-refractivity contribution in [3.63, 3.8) is 0 Å². The van der Waals surface area contributed by atoms with Crippen molar-refractivity contribution < 1.29 is 19.5 Å². The summed E-state index contributed by atoms with van der Waals surface area (Å²) in [5.41, 5.74) is 0. The molecule has 2 saturated carbocycles. The van der Waals surface area contributed by atoms with Crippen LogP contribution in [0.1, 0.15) is 64.2 Å². The highest BCUT2D eigenvalue weighted by Crippen LogP contribution is 2.28. The van der Waals surface area contributed by atoms with Crippen LogP contribution in [0.3, 0.4) is 0 Å². The molecular formula is C19H30N2O4. The Labute approximate surface area is 149 Å². The van der Waals surface area contributed by atoms with E-state index < -0.39 is 12.0 Å². The number of carbonyl (C=O) groups excluding carboxylic acids is 2. The second-order valence-corrected chi connectivity index (χ2v) is 7.30. The third kappa shape index (κ3) is 5.87. The summed E-state index contributed by atoms with van der Waals surface area (Å²) in [7, 11) is 0. The van der Waals surface area contributed by atoms with Crippen molar-refractivity contribution in [3.8, 4) is 0 Å². The van der Waals surface area contributed by atoms with Gasteiger partial charge in [0.25, 0.3) is 0 Å². The molecule has 1 unspecified atom stereocenters. The Morgan fingerprint density at radius 1 is 1.00 bits per heavy atom. The Balaban J connectivity index is 1.74. The van der Waals surface area contributed by atoms with Crippen LogP contribution in [-0.4, -0.2) is 35.0 Å². The van der Waals surface area contributed by atoms with E-state index in [1.807, 2.05) is 0 Å². The Hall–Kier alpha value is -1.85. The molecule has 0 heterocycles. The van der Waals surface area contributed by atoms with Gasteiger partial charge in [-0.1, -0.05) is 18.9 Å². The van der Waals surface area contributed by atoms with Crippen LogP contribution in [0.4, 0.5) is 0 Å². The summed E-state index contributed by atoms with van der Waals surface area (Å²) in [5, 5.41) is 15.0. The first-order chi connectivity index (χ1) is 12.0. The molecule has 1 atom stereocenters. The summed E-state index contributed by atoms with van der Waals surface area (Å²) in [6.45, 7) is 3.58. The zero-order chi connectivity index (χ0) is 18.2. The molecule has 6 heteroatoms. The van der Waals surface area contributed by atoms with Crippen molar-refractivity contribution in [2.45, 2.75) is 76.3 Å². The number of carbonyl (C=O) groups is 3.